The molecule has 0 spiro atoms. The van der Waals surface area contributed by atoms with Crippen molar-refractivity contribution >= 4 is 24.2 Å². The lowest BCUT2D eigenvalue weighted by Gasteiger charge is -2.17. The van der Waals surface area contributed by atoms with Crippen molar-refractivity contribution in [2.75, 3.05) is 12.1 Å². The number of para-hydroxylation sites is 1. The van der Waals surface area contributed by atoms with Crippen LogP contribution in [0.1, 0.15) is 0 Å². The second kappa shape index (κ2) is 5.27. The minimum Gasteiger partial charge on any atom is -0.464 e. The Morgan fingerprint density at radius 1 is 1.38 bits per heavy atom. The van der Waals surface area contributed by atoms with Crippen molar-refractivity contribution in [2.24, 2.45) is 0 Å². The van der Waals surface area contributed by atoms with E-state index in [9.17, 15) is 4.79 Å². The van der Waals surface area contributed by atoms with E-state index in [-0.39, 0.29) is 12.4 Å². The molecule has 2 N–H and O–H groups in total. The van der Waals surface area contributed by atoms with Crippen LogP contribution in [0.25, 0.3) is 0 Å². The highest BCUT2D eigenvalue weighted by molar-refractivity contribution is 5.85. The number of carboxylic acid groups (broad SMARTS) is 1. The zero-order valence-electron chi connectivity index (χ0n) is 7.10. The molecule has 0 aliphatic heterocycles. The lowest BCUT2D eigenvalue weighted by Crippen LogP contribution is -2.38. The third-order valence-electron chi connectivity index (χ3n) is 1.41. The van der Waals surface area contributed by atoms with Crippen LogP contribution in [0.4, 0.5) is 10.5 Å². The number of hydrogen-bond acceptors (Lipinski definition) is 2. The van der Waals surface area contributed by atoms with E-state index in [0.29, 0.717) is 0 Å². The third kappa shape index (κ3) is 3.66. The predicted octanol–water partition coefficient (Wildman–Crippen LogP) is 1.73. The summed E-state index contributed by atoms with van der Waals surface area (Å²) in [5, 5.41) is 9.83. The Hall–Kier alpha value is -1.42. The van der Waals surface area contributed by atoms with Gasteiger partial charge in [0.05, 0.1) is 5.69 Å². The molecule has 0 heterocycles. The molecule has 0 saturated carbocycles. The molecule has 4 nitrogen and oxygen atoms in total. The largest absolute Gasteiger partial charge is 0.464 e. The van der Waals surface area contributed by atoms with Gasteiger partial charge in [0.15, 0.2) is 0 Å². The quantitative estimate of drug-likeness (QED) is 0.719. The predicted molar refractivity (Wildman–Crippen MR) is 53.3 cm³/mol. The Kier molecular flexibility index (Phi) is 4.69. The number of halogens is 1. The molecule has 5 heteroatoms. The fourth-order valence-electron chi connectivity index (χ4n) is 0.860. The Labute approximate surface area is 82.5 Å². The average Bonchev–Trinajstić information content (AvgIpc) is 2.05. The highest BCUT2D eigenvalue weighted by Gasteiger charge is 2.00. The molecular formula is C8H11ClN2O2. The van der Waals surface area contributed by atoms with Crippen LogP contribution in [-0.2, 0) is 0 Å². The molecule has 1 aromatic carbocycles. The first-order chi connectivity index (χ1) is 5.70. The van der Waals surface area contributed by atoms with Crippen LogP contribution in [0.5, 0.6) is 0 Å². The van der Waals surface area contributed by atoms with Crippen molar-refractivity contribution in [1.29, 1.82) is 0 Å². The zero-order chi connectivity index (χ0) is 8.97. The SMILES string of the molecule is CN(NC(=O)O)c1ccccc1.Cl. The molecule has 0 saturated heterocycles. The van der Waals surface area contributed by atoms with Gasteiger partial charge in [-0.05, 0) is 12.1 Å². The Morgan fingerprint density at radius 2 is 1.92 bits per heavy atom. The van der Waals surface area contributed by atoms with E-state index in [1.165, 1.54) is 5.01 Å². The maximum Gasteiger partial charge on any atom is 0.423 e. The average molecular weight is 203 g/mol. The van der Waals surface area contributed by atoms with Gasteiger partial charge in [0.25, 0.3) is 0 Å². The van der Waals surface area contributed by atoms with Crippen LogP contribution in [0.15, 0.2) is 30.3 Å². The van der Waals surface area contributed by atoms with Gasteiger partial charge in [0.1, 0.15) is 0 Å². The summed E-state index contributed by atoms with van der Waals surface area (Å²) in [4.78, 5) is 10.2. The maximum absolute atomic E-state index is 10.2. The van der Waals surface area contributed by atoms with E-state index in [0.717, 1.165) is 5.69 Å². The zero-order valence-corrected chi connectivity index (χ0v) is 7.91. The summed E-state index contributed by atoms with van der Waals surface area (Å²) in [7, 11) is 1.64. The lowest BCUT2D eigenvalue weighted by atomic mass is 10.3. The van der Waals surface area contributed by atoms with Crippen LogP contribution in [-0.4, -0.2) is 18.2 Å². The van der Waals surface area contributed by atoms with Gasteiger partial charge in [0, 0.05) is 7.05 Å². The minimum atomic E-state index is -1.07. The molecule has 13 heavy (non-hydrogen) atoms. The Balaban J connectivity index is 0.00000144. The third-order valence-corrected chi connectivity index (χ3v) is 1.41. The number of nitrogens with zero attached hydrogens (tertiary/aromatic N) is 1. The van der Waals surface area contributed by atoms with Crippen LogP contribution in [0.3, 0.4) is 0 Å². The lowest BCUT2D eigenvalue weighted by molar-refractivity contribution is 0.194. The molecule has 72 valence electrons. The minimum absolute atomic E-state index is 0. The summed E-state index contributed by atoms with van der Waals surface area (Å²) in [6.07, 6.45) is -1.07. The second-order valence-electron chi connectivity index (χ2n) is 2.31. The summed E-state index contributed by atoms with van der Waals surface area (Å²) in [5.74, 6) is 0. The number of carbonyl (C=O) groups is 1. The number of benzene rings is 1. The van der Waals surface area contributed by atoms with Gasteiger partial charge in [-0.1, -0.05) is 18.2 Å². The monoisotopic (exact) mass is 202 g/mol. The molecule has 1 amide bonds. The smallest absolute Gasteiger partial charge is 0.423 e. The first kappa shape index (κ1) is 11.6. The van der Waals surface area contributed by atoms with Gasteiger partial charge < -0.3 is 5.11 Å². The fourth-order valence-corrected chi connectivity index (χ4v) is 0.860. The number of rotatable bonds is 2. The topological polar surface area (TPSA) is 52.6 Å². The van der Waals surface area contributed by atoms with Gasteiger partial charge in [-0.2, -0.15) is 0 Å². The van der Waals surface area contributed by atoms with Gasteiger partial charge in [-0.25, -0.2) is 10.2 Å². The molecule has 1 aromatic rings. The maximum atomic E-state index is 10.2. The fraction of sp³-hybridized carbons (Fsp3) is 0.125. The van der Waals surface area contributed by atoms with Gasteiger partial charge in [0.2, 0.25) is 0 Å². The van der Waals surface area contributed by atoms with Crippen molar-refractivity contribution in [3.63, 3.8) is 0 Å². The molecule has 0 radical (unpaired) electrons. The molecule has 0 bridgehead atoms. The Bertz CT molecular complexity index is 266. The molecule has 0 aromatic heterocycles. The standard InChI is InChI=1S/C8H10N2O2.ClH/c1-10(9-8(11)12)7-5-3-2-4-6-7;/h2-6,9H,1H3,(H,11,12);1H. The molecule has 0 aliphatic carbocycles. The van der Waals surface area contributed by atoms with Crippen LogP contribution in [0.2, 0.25) is 0 Å². The number of nitrogens with one attached hydrogen (secondary N) is 1. The van der Waals surface area contributed by atoms with Crippen molar-refractivity contribution in [3.8, 4) is 0 Å². The second-order valence-corrected chi connectivity index (χ2v) is 2.31. The molecule has 0 unspecified atom stereocenters. The summed E-state index contributed by atoms with van der Waals surface area (Å²) in [6.45, 7) is 0. The number of anilines is 1. The first-order valence-electron chi connectivity index (χ1n) is 3.48. The first-order valence-corrected chi connectivity index (χ1v) is 3.48. The van der Waals surface area contributed by atoms with Crippen molar-refractivity contribution in [3.05, 3.63) is 30.3 Å². The van der Waals surface area contributed by atoms with E-state index in [4.69, 9.17) is 5.11 Å². The Morgan fingerprint density at radius 3 is 2.38 bits per heavy atom. The van der Waals surface area contributed by atoms with Crippen molar-refractivity contribution < 1.29 is 9.90 Å². The highest BCUT2D eigenvalue weighted by Crippen LogP contribution is 2.07. The van der Waals surface area contributed by atoms with Gasteiger partial charge >= 0.3 is 6.09 Å². The van der Waals surface area contributed by atoms with Crippen LogP contribution < -0.4 is 10.4 Å². The van der Waals surface area contributed by atoms with Gasteiger partial charge in [-0.3, -0.25) is 5.01 Å². The van der Waals surface area contributed by atoms with Crippen molar-refractivity contribution in [1.82, 2.24) is 5.43 Å². The van der Waals surface area contributed by atoms with Crippen LogP contribution in [0, 0.1) is 0 Å². The van der Waals surface area contributed by atoms with E-state index in [1.807, 2.05) is 30.3 Å². The number of hydrogen-bond donors (Lipinski definition) is 2. The summed E-state index contributed by atoms with van der Waals surface area (Å²) < 4.78 is 0. The molecule has 0 fully saturated rings. The molecular weight excluding hydrogens is 192 g/mol. The summed E-state index contributed by atoms with van der Waals surface area (Å²) >= 11 is 0. The van der Waals surface area contributed by atoms with E-state index >= 15 is 0 Å². The van der Waals surface area contributed by atoms with Crippen molar-refractivity contribution in [2.45, 2.75) is 0 Å². The highest BCUT2D eigenvalue weighted by atomic mass is 35.5. The summed E-state index contributed by atoms with van der Waals surface area (Å²) in [6, 6.07) is 9.19. The van der Waals surface area contributed by atoms with E-state index in [2.05, 4.69) is 5.43 Å². The van der Waals surface area contributed by atoms with Crippen LogP contribution >= 0.6 is 12.4 Å². The molecule has 0 aliphatic rings. The van der Waals surface area contributed by atoms with E-state index < -0.39 is 6.09 Å². The molecule has 0 atom stereocenters. The molecule has 1 rings (SSSR count). The summed E-state index contributed by atoms with van der Waals surface area (Å²) in [5.41, 5.74) is 3.01. The van der Waals surface area contributed by atoms with Gasteiger partial charge in [-0.15, -0.1) is 12.4 Å². The van der Waals surface area contributed by atoms with E-state index in [1.54, 1.807) is 7.05 Å². The number of hydrazine groups is 1. The normalized spacial score (nSPS) is 8.38. The number of amides is 1.